The molecule has 5 nitrogen and oxygen atoms in total. The number of carbonyl (C=O) groups is 2. The number of aryl methyl sites for hydroxylation is 1. The Labute approximate surface area is 161 Å². The Bertz CT molecular complexity index is 789. The van der Waals surface area contributed by atoms with Crippen LogP contribution in [0.25, 0.3) is 0 Å². The summed E-state index contributed by atoms with van der Waals surface area (Å²) >= 11 is 0. The van der Waals surface area contributed by atoms with Crippen molar-refractivity contribution >= 4 is 11.8 Å². The molecule has 2 rings (SSSR count). The normalized spacial score (nSPS) is 11.6. The number of nitrogens with one attached hydrogen (secondary N) is 1. The van der Waals surface area contributed by atoms with Gasteiger partial charge in [0, 0.05) is 13.1 Å². The molecule has 0 aliphatic rings. The van der Waals surface area contributed by atoms with E-state index < -0.39 is 6.04 Å². The largest absolute Gasteiger partial charge is 0.497 e. The number of carbonyl (C=O) groups excluding carboxylic acids is 2. The van der Waals surface area contributed by atoms with Gasteiger partial charge in [-0.15, -0.1) is 0 Å². The van der Waals surface area contributed by atoms with Crippen molar-refractivity contribution in [2.45, 2.75) is 39.8 Å². The van der Waals surface area contributed by atoms with E-state index in [1.807, 2.05) is 62.4 Å². The van der Waals surface area contributed by atoms with E-state index in [9.17, 15) is 9.59 Å². The number of ether oxygens (including phenoxy) is 1. The van der Waals surface area contributed by atoms with Gasteiger partial charge in [0.25, 0.3) is 0 Å². The molecule has 0 heterocycles. The van der Waals surface area contributed by atoms with Crippen LogP contribution in [0.4, 0.5) is 0 Å². The number of rotatable bonds is 8. The number of hydrogen-bond acceptors (Lipinski definition) is 3. The van der Waals surface area contributed by atoms with Crippen molar-refractivity contribution in [1.29, 1.82) is 0 Å². The lowest BCUT2D eigenvalue weighted by atomic mass is 10.1. The summed E-state index contributed by atoms with van der Waals surface area (Å²) in [6.45, 7) is 6.51. The van der Waals surface area contributed by atoms with Crippen molar-refractivity contribution in [2.24, 2.45) is 0 Å². The van der Waals surface area contributed by atoms with Crippen LogP contribution in [0.2, 0.25) is 0 Å². The maximum Gasteiger partial charge on any atom is 0.242 e. The number of likely N-dealkylation sites (N-methyl/N-ethyl adjacent to an activating group) is 1. The van der Waals surface area contributed by atoms with E-state index in [4.69, 9.17) is 4.74 Å². The van der Waals surface area contributed by atoms with Gasteiger partial charge in [0.2, 0.25) is 11.8 Å². The van der Waals surface area contributed by atoms with E-state index in [1.54, 1.807) is 18.9 Å². The molecule has 0 fully saturated rings. The van der Waals surface area contributed by atoms with E-state index in [0.717, 1.165) is 22.4 Å². The van der Waals surface area contributed by atoms with Gasteiger partial charge in [-0.2, -0.15) is 0 Å². The third-order valence-electron chi connectivity index (χ3n) is 4.44. The fraction of sp³-hybridized carbons (Fsp3) is 0.364. The van der Waals surface area contributed by atoms with Gasteiger partial charge in [-0.1, -0.05) is 42.0 Å². The molecule has 0 aliphatic carbocycles. The smallest absolute Gasteiger partial charge is 0.242 e. The highest BCUT2D eigenvalue weighted by Gasteiger charge is 2.26. The molecule has 2 aromatic rings. The van der Waals surface area contributed by atoms with Crippen LogP contribution < -0.4 is 10.1 Å². The lowest BCUT2D eigenvalue weighted by Crippen LogP contribution is -2.48. The molecule has 0 aliphatic heterocycles. The Morgan fingerprint density at radius 3 is 2.48 bits per heavy atom. The fourth-order valence-corrected chi connectivity index (χ4v) is 2.97. The van der Waals surface area contributed by atoms with Gasteiger partial charge in [-0.3, -0.25) is 9.59 Å². The van der Waals surface area contributed by atoms with Gasteiger partial charge in [0.05, 0.1) is 13.5 Å². The highest BCUT2D eigenvalue weighted by Crippen LogP contribution is 2.17. The number of hydrogen-bond donors (Lipinski definition) is 1. The third-order valence-corrected chi connectivity index (χ3v) is 4.44. The summed E-state index contributed by atoms with van der Waals surface area (Å²) < 4.78 is 5.27. The molecule has 0 radical (unpaired) electrons. The minimum Gasteiger partial charge on any atom is -0.497 e. The van der Waals surface area contributed by atoms with Crippen molar-refractivity contribution in [1.82, 2.24) is 10.2 Å². The fourth-order valence-electron chi connectivity index (χ4n) is 2.97. The Hall–Kier alpha value is -2.82. The molecule has 144 valence electrons. The molecule has 0 aromatic heterocycles. The highest BCUT2D eigenvalue weighted by molar-refractivity contribution is 5.88. The molecular formula is C22H28N2O3. The molecule has 0 spiro atoms. The zero-order chi connectivity index (χ0) is 19.8. The van der Waals surface area contributed by atoms with Crippen LogP contribution >= 0.6 is 0 Å². The van der Waals surface area contributed by atoms with Gasteiger partial charge in [0.1, 0.15) is 11.8 Å². The quantitative estimate of drug-likeness (QED) is 0.779. The van der Waals surface area contributed by atoms with Crippen molar-refractivity contribution in [2.75, 3.05) is 13.7 Å². The first-order valence-electron chi connectivity index (χ1n) is 9.20. The van der Waals surface area contributed by atoms with Crippen LogP contribution in [0.5, 0.6) is 5.75 Å². The monoisotopic (exact) mass is 368 g/mol. The van der Waals surface area contributed by atoms with E-state index in [1.165, 1.54) is 0 Å². The van der Waals surface area contributed by atoms with Gasteiger partial charge in [-0.25, -0.2) is 0 Å². The Kier molecular flexibility index (Phi) is 7.41. The second-order valence-corrected chi connectivity index (χ2v) is 6.61. The number of methoxy groups -OCH3 is 1. The second-order valence-electron chi connectivity index (χ2n) is 6.61. The van der Waals surface area contributed by atoms with Crippen LogP contribution in [0.1, 0.15) is 30.5 Å². The molecule has 2 aromatic carbocycles. The van der Waals surface area contributed by atoms with Crippen molar-refractivity contribution in [3.05, 3.63) is 65.2 Å². The van der Waals surface area contributed by atoms with Crippen molar-refractivity contribution < 1.29 is 14.3 Å². The lowest BCUT2D eigenvalue weighted by Gasteiger charge is -2.29. The SMILES string of the molecule is CCNC(=O)[C@@H](C)N(Cc1cccc(OC)c1)C(=O)Cc1cccc(C)c1. The number of nitrogens with zero attached hydrogens (tertiary/aromatic N) is 1. The molecule has 0 saturated heterocycles. The first-order chi connectivity index (χ1) is 12.9. The van der Waals surface area contributed by atoms with Crippen LogP contribution in [-0.4, -0.2) is 36.4 Å². The van der Waals surface area contributed by atoms with Crippen LogP contribution in [-0.2, 0) is 22.6 Å². The molecule has 0 saturated carbocycles. The molecule has 1 atom stereocenters. The van der Waals surface area contributed by atoms with Gasteiger partial charge in [0.15, 0.2) is 0 Å². The van der Waals surface area contributed by atoms with E-state index >= 15 is 0 Å². The molecule has 1 N–H and O–H groups in total. The summed E-state index contributed by atoms with van der Waals surface area (Å²) in [6.07, 6.45) is 0.259. The number of amides is 2. The maximum absolute atomic E-state index is 13.0. The predicted octanol–water partition coefficient (Wildman–Crippen LogP) is 3.10. The van der Waals surface area contributed by atoms with Crippen LogP contribution in [0.3, 0.4) is 0 Å². The Balaban J connectivity index is 2.24. The predicted molar refractivity (Wildman–Crippen MR) is 107 cm³/mol. The van der Waals surface area contributed by atoms with Gasteiger partial charge >= 0.3 is 0 Å². The topological polar surface area (TPSA) is 58.6 Å². The van der Waals surface area contributed by atoms with Crippen LogP contribution in [0.15, 0.2) is 48.5 Å². The summed E-state index contributed by atoms with van der Waals surface area (Å²) in [5, 5.41) is 2.80. The van der Waals surface area contributed by atoms with Gasteiger partial charge in [-0.05, 0) is 44.0 Å². The first-order valence-corrected chi connectivity index (χ1v) is 9.20. The third kappa shape index (κ3) is 5.84. The standard InChI is InChI=1S/C22H28N2O3/c1-5-23-22(26)17(3)24(15-19-10-7-11-20(13-19)27-4)21(25)14-18-9-6-8-16(2)12-18/h6-13,17H,5,14-15H2,1-4H3,(H,23,26)/t17-/m1/s1. The average molecular weight is 368 g/mol. The Morgan fingerprint density at radius 2 is 1.81 bits per heavy atom. The highest BCUT2D eigenvalue weighted by atomic mass is 16.5. The van der Waals surface area contributed by atoms with E-state index in [0.29, 0.717) is 13.1 Å². The Morgan fingerprint density at radius 1 is 1.11 bits per heavy atom. The maximum atomic E-state index is 13.0. The average Bonchev–Trinajstić information content (AvgIpc) is 2.66. The molecule has 0 unspecified atom stereocenters. The molecule has 2 amide bonds. The summed E-state index contributed by atoms with van der Waals surface area (Å²) in [4.78, 5) is 27.1. The van der Waals surface area contributed by atoms with Crippen molar-refractivity contribution in [3.63, 3.8) is 0 Å². The first kappa shape index (κ1) is 20.5. The molecule has 27 heavy (non-hydrogen) atoms. The zero-order valence-electron chi connectivity index (χ0n) is 16.5. The number of benzene rings is 2. The van der Waals surface area contributed by atoms with E-state index in [-0.39, 0.29) is 18.2 Å². The zero-order valence-corrected chi connectivity index (χ0v) is 16.5. The minimum absolute atomic E-state index is 0.0813. The van der Waals surface area contributed by atoms with Crippen LogP contribution in [0, 0.1) is 6.92 Å². The minimum atomic E-state index is -0.562. The molecular weight excluding hydrogens is 340 g/mol. The van der Waals surface area contributed by atoms with Crippen molar-refractivity contribution in [3.8, 4) is 5.75 Å². The summed E-state index contributed by atoms with van der Waals surface area (Å²) in [7, 11) is 1.61. The summed E-state index contributed by atoms with van der Waals surface area (Å²) in [6, 6.07) is 14.9. The molecule has 5 heteroatoms. The van der Waals surface area contributed by atoms with E-state index in [2.05, 4.69) is 5.32 Å². The summed E-state index contributed by atoms with van der Waals surface area (Å²) in [5.41, 5.74) is 2.97. The summed E-state index contributed by atoms with van der Waals surface area (Å²) in [5.74, 6) is 0.490. The second kappa shape index (κ2) is 9.76. The van der Waals surface area contributed by atoms with Gasteiger partial charge < -0.3 is 15.0 Å². The lowest BCUT2D eigenvalue weighted by molar-refractivity contribution is -0.140. The molecule has 0 bridgehead atoms.